The van der Waals surface area contributed by atoms with Gasteiger partial charge in [-0.25, -0.2) is 4.98 Å². The molecule has 1 rings (SSSR count). The van der Waals surface area contributed by atoms with Gasteiger partial charge in [0.1, 0.15) is 0 Å². The van der Waals surface area contributed by atoms with Crippen LogP contribution in [0.1, 0.15) is 20.8 Å². The molecule has 0 radical (unpaired) electrons. The Morgan fingerprint density at radius 1 is 1.50 bits per heavy atom. The molecule has 1 aromatic rings. The lowest BCUT2D eigenvalue weighted by atomic mass is 10.3. The van der Waals surface area contributed by atoms with E-state index in [1.165, 1.54) is 0 Å². The molecular formula is C13H26N4O. The third-order valence-electron chi connectivity index (χ3n) is 2.92. The molecule has 18 heavy (non-hydrogen) atoms. The number of nitrogens with one attached hydrogen (secondary N) is 1. The summed E-state index contributed by atoms with van der Waals surface area (Å²) in [7, 11) is 3.87. The maximum atomic E-state index is 5.54. The third kappa shape index (κ3) is 4.66. The summed E-state index contributed by atoms with van der Waals surface area (Å²) in [6.45, 7) is 9.13. The Kier molecular flexibility index (Phi) is 6.15. The summed E-state index contributed by atoms with van der Waals surface area (Å²) in [5.41, 5.74) is 0. The van der Waals surface area contributed by atoms with E-state index < -0.39 is 0 Å². The zero-order valence-corrected chi connectivity index (χ0v) is 12.2. The first-order chi connectivity index (χ1) is 8.56. The first kappa shape index (κ1) is 15.0. The van der Waals surface area contributed by atoms with E-state index in [2.05, 4.69) is 47.6 Å². The van der Waals surface area contributed by atoms with Crippen molar-refractivity contribution in [2.24, 2.45) is 0 Å². The van der Waals surface area contributed by atoms with Gasteiger partial charge in [0.15, 0.2) is 0 Å². The van der Waals surface area contributed by atoms with E-state index in [9.17, 15) is 0 Å². The van der Waals surface area contributed by atoms with Crippen molar-refractivity contribution in [1.82, 2.24) is 14.5 Å². The second kappa shape index (κ2) is 7.38. The number of nitrogens with zero attached hydrogens (tertiary/aromatic N) is 3. The van der Waals surface area contributed by atoms with E-state index >= 15 is 0 Å². The molecule has 0 aromatic carbocycles. The Balaban J connectivity index is 2.61. The van der Waals surface area contributed by atoms with Gasteiger partial charge in [-0.15, -0.1) is 0 Å². The number of aromatic nitrogens is 2. The molecule has 0 spiro atoms. The predicted molar refractivity (Wildman–Crippen MR) is 75.0 cm³/mol. The minimum absolute atomic E-state index is 0.178. The fraction of sp³-hybridized carbons (Fsp3) is 0.769. The molecule has 1 unspecified atom stereocenters. The van der Waals surface area contributed by atoms with E-state index in [0.29, 0.717) is 6.04 Å². The van der Waals surface area contributed by atoms with Crippen molar-refractivity contribution < 1.29 is 4.74 Å². The van der Waals surface area contributed by atoms with Gasteiger partial charge in [-0.05, 0) is 27.4 Å². The number of hydrogen-bond acceptors (Lipinski definition) is 4. The Labute approximate surface area is 110 Å². The number of ether oxygens (including phenoxy) is 1. The van der Waals surface area contributed by atoms with Gasteiger partial charge in [-0.2, -0.15) is 0 Å². The number of hydrogen-bond donors (Lipinski definition) is 1. The van der Waals surface area contributed by atoms with Crippen molar-refractivity contribution in [2.75, 3.05) is 32.6 Å². The standard InChI is InChI=1S/C13H26N4O/c1-6-16(4)9-12(18-5)10-17-8-7-14-13(17)15-11(2)3/h7-8,11-12H,6,9-10H2,1-5H3,(H,14,15). The average molecular weight is 254 g/mol. The highest BCUT2D eigenvalue weighted by molar-refractivity contribution is 5.26. The second-order valence-corrected chi connectivity index (χ2v) is 4.91. The molecule has 1 heterocycles. The summed E-state index contributed by atoms with van der Waals surface area (Å²) in [6.07, 6.45) is 3.99. The summed E-state index contributed by atoms with van der Waals surface area (Å²) in [6, 6.07) is 0.380. The Hall–Kier alpha value is -1.07. The van der Waals surface area contributed by atoms with E-state index in [0.717, 1.165) is 25.6 Å². The van der Waals surface area contributed by atoms with Gasteiger partial charge in [0.25, 0.3) is 0 Å². The van der Waals surface area contributed by atoms with Crippen LogP contribution in [0.4, 0.5) is 5.95 Å². The zero-order valence-electron chi connectivity index (χ0n) is 12.2. The summed E-state index contributed by atoms with van der Waals surface area (Å²) in [4.78, 5) is 6.58. The van der Waals surface area contributed by atoms with E-state index in [4.69, 9.17) is 4.74 Å². The highest BCUT2D eigenvalue weighted by atomic mass is 16.5. The molecule has 104 valence electrons. The molecule has 1 N–H and O–H groups in total. The lowest BCUT2D eigenvalue weighted by Gasteiger charge is -2.23. The fourth-order valence-electron chi connectivity index (χ4n) is 1.76. The first-order valence-corrected chi connectivity index (χ1v) is 6.55. The zero-order chi connectivity index (χ0) is 13.5. The molecule has 0 fully saturated rings. The molecule has 0 saturated carbocycles. The Morgan fingerprint density at radius 2 is 2.22 bits per heavy atom. The molecule has 0 aliphatic rings. The van der Waals surface area contributed by atoms with Crippen LogP contribution >= 0.6 is 0 Å². The third-order valence-corrected chi connectivity index (χ3v) is 2.92. The van der Waals surface area contributed by atoms with Crippen molar-refractivity contribution in [2.45, 2.75) is 39.5 Å². The predicted octanol–water partition coefficient (Wildman–Crippen LogP) is 1.67. The van der Waals surface area contributed by atoms with Crippen LogP contribution < -0.4 is 5.32 Å². The number of rotatable bonds is 8. The van der Waals surface area contributed by atoms with Gasteiger partial charge < -0.3 is 19.5 Å². The normalized spacial score (nSPS) is 13.3. The Morgan fingerprint density at radius 3 is 2.78 bits per heavy atom. The van der Waals surface area contributed by atoms with Crippen LogP contribution in [-0.4, -0.2) is 53.8 Å². The monoisotopic (exact) mass is 254 g/mol. The summed E-state index contributed by atoms with van der Waals surface area (Å²) < 4.78 is 7.65. The molecule has 1 atom stereocenters. The van der Waals surface area contributed by atoms with Crippen LogP contribution in [0, 0.1) is 0 Å². The van der Waals surface area contributed by atoms with Crippen molar-refractivity contribution in [1.29, 1.82) is 0 Å². The number of anilines is 1. The van der Waals surface area contributed by atoms with Gasteiger partial charge in [0, 0.05) is 32.1 Å². The van der Waals surface area contributed by atoms with Crippen molar-refractivity contribution in [3.05, 3.63) is 12.4 Å². The molecule has 5 nitrogen and oxygen atoms in total. The maximum absolute atomic E-state index is 5.54. The average Bonchev–Trinajstić information content (AvgIpc) is 2.74. The van der Waals surface area contributed by atoms with Crippen LogP contribution in [0.2, 0.25) is 0 Å². The van der Waals surface area contributed by atoms with Crippen LogP contribution in [0.15, 0.2) is 12.4 Å². The Bertz CT molecular complexity index is 337. The lowest BCUT2D eigenvalue weighted by molar-refractivity contribution is 0.0607. The number of imidazole rings is 1. The lowest BCUT2D eigenvalue weighted by Crippen LogP contribution is -2.33. The van der Waals surface area contributed by atoms with E-state index in [1.807, 2.05) is 12.4 Å². The van der Waals surface area contributed by atoms with Crippen molar-refractivity contribution in [3.8, 4) is 0 Å². The summed E-state index contributed by atoms with van der Waals surface area (Å²) in [5, 5.41) is 3.33. The molecule has 0 aliphatic carbocycles. The molecule has 0 amide bonds. The van der Waals surface area contributed by atoms with Crippen molar-refractivity contribution in [3.63, 3.8) is 0 Å². The SMILES string of the molecule is CCN(C)CC(Cn1ccnc1NC(C)C)OC. The second-order valence-electron chi connectivity index (χ2n) is 4.91. The number of methoxy groups -OCH3 is 1. The number of likely N-dealkylation sites (N-methyl/N-ethyl adjacent to an activating group) is 1. The van der Waals surface area contributed by atoms with Crippen LogP contribution in [0.25, 0.3) is 0 Å². The van der Waals surface area contributed by atoms with Gasteiger partial charge in [0.2, 0.25) is 5.95 Å². The van der Waals surface area contributed by atoms with Crippen molar-refractivity contribution >= 4 is 5.95 Å². The molecule has 1 aromatic heterocycles. The van der Waals surface area contributed by atoms with E-state index in [1.54, 1.807) is 7.11 Å². The van der Waals surface area contributed by atoms with Crippen LogP contribution in [-0.2, 0) is 11.3 Å². The highest BCUT2D eigenvalue weighted by Gasteiger charge is 2.13. The minimum Gasteiger partial charge on any atom is -0.378 e. The van der Waals surface area contributed by atoms with Gasteiger partial charge >= 0.3 is 0 Å². The highest BCUT2D eigenvalue weighted by Crippen LogP contribution is 2.09. The largest absolute Gasteiger partial charge is 0.378 e. The van der Waals surface area contributed by atoms with Crippen LogP contribution in [0.3, 0.4) is 0 Å². The molecular weight excluding hydrogens is 228 g/mol. The minimum atomic E-state index is 0.178. The van der Waals surface area contributed by atoms with Gasteiger partial charge in [-0.3, -0.25) is 0 Å². The van der Waals surface area contributed by atoms with Gasteiger partial charge in [-0.1, -0.05) is 6.92 Å². The summed E-state index contributed by atoms with van der Waals surface area (Å²) >= 11 is 0. The topological polar surface area (TPSA) is 42.3 Å². The van der Waals surface area contributed by atoms with Gasteiger partial charge in [0.05, 0.1) is 12.6 Å². The molecule has 5 heteroatoms. The molecule has 0 aliphatic heterocycles. The first-order valence-electron chi connectivity index (χ1n) is 6.55. The maximum Gasteiger partial charge on any atom is 0.203 e. The van der Waals surface area contributed by atoms with E-state index in [-0.39, 0.29) is 6.10 Å². The fourth-order valence-corrected chi connectivity index (χ4v) is 1.76. The smallest absolute Gasteiger partial charge is 0.203 e. The van der Waals surface area contributed by atoms with Crippen LogP contribution in [0.5, 0.6) is 0 Å². The quantitative estimate of drug-likeness (QED) is 0.766. The summed E-state index contributed by atoms with van der Waals surface area (Å²) in [5.74, 6) is 0.909. The molecule has 0 saturated heterocycles. The molecule has 0 bridgehead atoms.